The summed E-state index contributed by atoms with van der Waals surface area (Å²) in [6, 6.07) is 9.26. The zero-order valence-electron chi connectivity index (χ0n) is 16.2. The van der Waals surface area contributed by atoms with Gasteiger partial charge in [-0.2, -0.15) is 5.26 Å². The van der Waals surface area contributed by atoms with Crippen LogP contribution >= 0.6 is 11.6 Å². The zero-order valence-corrected chi connectivity index (χ0v) is 17.0. The van der Waals surface area contributed by atoms with Crippen molar-refractivity contribution in [3.8, 4) is 6.07 Å². The van der Waals surface area contributed by atoms with Crippen molar-refractivity contribution in [3.05, 3.63) is 34.9 Å². The summed E-state index contributed by atoms with van der Waals surface area (Å²) >= 11 is 6.12. The van der Waals surface area contributed by atoms with E-state index in [1.54, 1.807) is 24.0 Å². The van der Waals surface area contributed by atoms with E-state index in [1.807, 2.05) is 26.0 Å². The van der Waals surface area contributed by atoms with Gasteiger partial charge in [-0.3, -0.25) is 14.4 Å². The molecule has 0 aromatic heterocycles. The highest BCUT2D eigenvalue weighted by molar-refractivity contribution is 6.31. The monoisotopic (exact) mass is 405 g/mol. The number of carbonyl (C=O) groups is 3. The number of likely N-dealkylation sites (tertiary alicyclic amines) is 1. The van der Waals surface area contributed by atoms with Crippen LogP contribution in [0.25, 0.3) is 0 Å². The van der Waals surface area contributed by atoms with Crippen LogP contribution in [0.15, 0.2) is 24.3 Å². The number of amides is 2. The van der Waals surface area contributed by atoms with E-state index in [0.29, 0.717) is 11.6 Å². The van der Waals surface area contributed by atoms with E-state index in [1.165, 1.54) is 0 Å². The molecule has 2 atom stereocenters. The number of ether oxygens (including phenoxy) is 1. The van der Waals surface area contributed by atoms with Gasteiger partial charge in [-0.05, 0) is 24.5 Å². The SMILES string of the molecule is CC(C)[C@@](C)(C#N)NC(=O)COC(=O)[C@H]1CC(=O)N(Cc2ccccc2Cl)C1. The average molecular weight is 406 g/mol. The molecule has 0 aliphatic carbocycles. The van der Waals surface area contributed by atoms with Gasteiger partial charge in [0.1, 0.15) is 5.54 Å². The molecule has 28 heavy (non-hydrogen) atoms. The van der Waals surface area contributed by atoms with Crippen LogP contribution in [0.4, 0.5) is 0 Å². The fourth-order valence-corrected chi connectivity index (χ4v) is 2.99. The van der Waals surface area contributed by atoms with Crippen molar-refractivity contribution < 1.29 is 19.1 Å². The normalized spacial score (nSPS) is 18.5. The Morgan fingerprint density at radius 3 is 2.71 bits per heavy atom. The minimum atomic E-state index is -1.04. The van der Waals surface area contributed by atoms with Gasteiger partial charge in [-0.1, -0.05) is 43.6 Å². The highest BCUT2D eigenvalue weighted by Crippen LogP contribution is 2.24. The van der Waals surface area contributed by atoms with Gasteiger partial charge in [0.05, 0.1) is 12.0 Å². The van der Waals surface area contributed by atoms with E-state index >= 15 is 0 Å². The number of hydrogen-bond donors (Lipinski definition) is 1. The van der Waals surface area contributed by atoms with E-state index in [0.717, 1.165) is 5.56 Å². The highest BCUT2D eigenvalue weighted by atomic mass is 35.5. The third-order valence-electron chi connectivity index (χ3n) is 5.00. The quantitative estimate of drug-likeness (QED) is 0.701. The number of nitrogens with zero attached hydrogens (tertiary/aromatic N) is 2. The molecule has 1 fully saturated rings. The second kappa shape index (κ2) is 9.07. The first kappa shape index (κ1) is 21.7. The van der Waals surface area contributed by atoms with Gasteiger partial charge in [-0.25, -0.2) is 0 Å². The molecular weight excluding hydrogens is 382 g/mol. The molecule has 1 heterocycles. The fraction of sp³-hybridized carbons (Fsp3) is 0.500. The molecule has 1 saturated heterocycles. The Kier molecular flexibility index (Phi) is 7.03. The summed E-state index contributed by atoms with van der Waals surface area (Å²) in [6.07, 6.45) is 0.0345. The van der Waals surface area contributed by atoms with Crippen molar-refractivity contribution in [1.82, 2.24) is 10.2 Å². The summed E-state index contributed by atoms with van der Waals surface area (Å²) in [6.45, 7) is 5.28. The van der Waals surface area contributed by atoms with Crippen molar-refractivity contribution in [2.45, 2.75) is 39.3 Å². The van der Waals surface area contributed by atoms with Gasteiger partial charge < -0.3 is 15.0 Å². The smallest absolute Gasteiger partial charge is 0.311 e. The number of nitriles is 1. The molecular formula is C20H24ClN3O4. The van der Waals surface area contributed by atoms with Crippen LogP contribution < -0.4 is 5.32 Å². The van der Waals surface area contributed by atoms with Gasteiger partial charge >= 0.3 is 5.97 Å². The van der Waals surface area contributed by atoms with Crippen molar-refractivity contribution in [1.29, 1.82) is 5.26 Å². The summed E-state index contributed by atoms with van der Waals surface area (Å²) in [7, 11) is 0. The number of rotatable bonds is 7. The molecule has 1 aliphatic rings. The Bertz CT molecular complexity index is 805. The second-order valence-corrected chi connectivity index (χ2v) is 7.80. The van der Waals surface area contributed by atoms with Gasteiger partial charge in [0.15, 0.2) is 6.61 Å². The molecule has 0 radical (unpaired) electrons. The molecule has 1 aliphatic heterocycles. The summed E-state index contributed by atoms with van der Waals surface area (Å²) < 4.78 is 5.06. The van der Waals surface area contributed by atoms with E-state index in [-0.39, 0.29) is 24.8 Å². The Labute approximate surface area is 169 Å². The standard InChI is InChI=1S/C20H24ClN3O4/c1-13(2)20(3,12-22)23-17(25)11-28-19(27)15-8-18(26)24(10-15)9-14-6-4-5-7-16(14)21/h4-7,13,15H,8-11H2,1-3H3,(H,23,25)/t15-,20+/m0/s1. The van der Waals surface area contributed by atoms with Crippen molar-refractivity contribution >= 4 is 29.4 Å². The molecule has 2 rings (SSSR count). The molecule has 2 amide bonds. The van der Waals surface area contributed by atoms with Gasteiger partial charge in [0.2, 0.25) is 5.91 Å². The fourth-order valence-electron chi connectivity index (χ4n) is 2.80. The van der Waals surface area contributed by atoms with Crippen LogP contribution in [0.2, 0.25) is 5.02 Å². The van der Waals surface area contributed by atoms with Crippen LogP contribution in [0.3, 0.4) is 0 Å². The van der Waals surface area contributed by atoms with E-state index < -0.39 is 29.9 Å². The third-order valence-corrected chi connectivity index (χ3v) is 5.37. The van der Waals surface area contributed by atoms with E-state index in [9.17, 15) is 19.6 Å². The predicted molar refractivity (Wildman–Crippen MR) is 103 cm³/mol. The first-order valence-electron chi connectivity index (χ1n) is 9.06. The maximum absolute atomic E-state index is 12.3. The molecule has 8 heteroatoms. The summed E-state index contributed by atoms with van der Waals surface area (Å²) in [5.41, 5.74) is -0.242. The Hall–Kier alpha value is -2.59. The van der Waals surface area contributed by atoms with Crippen LogP contribution in [0.1, 0.15) is 32.8 Å². The molecule has 1 aromatic carbocycles. The molecule has 1 N–H and O–H groups in total. The number of benzene rings is 1. The van der Waals surface area contributed by atoms with Gasteiger partial charge in [-0.15, -0.1) is 0 Å². The first-order chi connectivity index (χ1) is 13.2. The maximum atomic E-state index is 12.3. The molecule has 0 unspecified atom stereocenters. The minimum Gasteiger partial charge on any atom is -0.455 e. The zero-order chi connectivity index (χ0) is 20.9. The lowest BCUT2D eigenvalue weighted by Gasteiger charge is -2.27. The van der Waals surface area contributed by atoms with Crippen LogP contribution in [-0.2, 0) is 25.7 Å². The topological polar surface area (TPSA) is 99.5 Å². The van der Waals surface area contributed by atoms with Crippen LogP contribution in [-0.4, -0.2) is 41.4 Å². The summed E-state index contributed by atoms with van der Waals surface area (Å²) in [4.78, 5) is 38.0. The van der Waals surface area contributed by atoms with Gasteiger partial charge in [0.25, 0.3) is 5.91 Å². The van der Waals surface area contributed by atoms with Crippen molar-refractivity contribution in [3.63, 3.8) is 0 Å². The summed E-state index contributed by atoms with van der Waals surface area (Å²) in [5.74, 6) is -2.06. The molecule has 150 valence electrons. The second-order valence-electron chi connectivity index (χ2n) is 7.39. The molecule has 0 spiro atoms. The molecule has 0 saturated carbocycles. The summed E-state index contributed by atoms with van der Waals surface area (Å²) in [5, 5.41) is 12.4. The lowest BCUT2D eigenvalue weighted by atomic mass is 9.90. The molecule has 7 nitrogen and oxygen atoms in total. The highest BCUT2D eigenvalue weighted by Gasteiger charge is 2.36. The largest absolute Gasteiger partial charge is 0.455 e. The van der Waals surface area contributed by atoms with Gasteiger partial charge in [0, 0.05) is 24.5 Å². The van der Waals surface area contributed by atoms with E-state index in [2.05, 4.69) is 11.4 Å². The average Bonchev–Trinajstić information content (AvgIpc) is 3.02. The minimum absolute atomic E-state index is 0.0345. The lowest BCUT2D eigenvalue weighted by Crippen LogP contribution is -2.50. The van der Waals surface area contributed by atoms with Crippen LogP contribution in [0, 0.1) is 23.2 Å². The Balaban J connectivity index is 1.87. The maximum Gasteiger partial charge on any atom is 0.311 e. The number of esters is 1. The first-order valence-corrected chi connectivity index (χ1v) is 9.44. The number of nitrogens with one attached hydrogen (secondary N) is 1. The molecule has 0 bridgehead atoms. The Morgan fingerprint density at radius 2 is 2.11 bits per heavy atom. The predicted octanol–water partition coefficient (Wildman–Crippen LogP) is 2.29. The lowest BCUT2D eigenvalue weighted by molar-refractivity contribution is -0.152. The van der Waals surface area contributed by atoms with E-state index in [4.69, 9.17) is 16.3 Å². The number of carbonyl (C=O) groups excluding carboxylic acids is 3. The van der Waals surface area contributed by atoms with Crippen molar-refractivity contribution in [2.24, 2.45) is 11.8 Å². The van der Waals surface area contributed by atoms with Crippen LogP contribution in [0.5, 0.6) is 0 Å². The molecule has 1 aromatic rings. The number of hydrogen-bond acceptors (Lipinski definition) is 5. The van der Waals surface area contributed by atoms with Crippen molar-refractivity contribution in [2.75, 3.05) is 13.2 Å². The third kappa shape index (κ3) is 5.23. The Morgan fingerprint density at radius 1 is 1.43 bits per heavy atom. The number of halogens is 1.